The summed E-state index contributed by atoms with van der Waals surface area (Å²) in [4.78, 5) is 11.7. The van der Waals surface area contributed by atoms with Gasteiger partial charge >= 0.3 is 0 Å². The Morgan fingerprint density at radius 3 is 2.61 bits per heavy atom. The maximum absolute atomic E-state index is 11.7. The quantitative estimate of drug-likeness (QED) is 0.783. The van der Waals surface area contributed by atoms with E-state index in [9.17, 15) is 4.79 Å². The zero-order chi connectivity index (χ0) is 13.5. The van der Waals surface area contributed by atoms with Crippen LogP contribution in [0.4, 0.5) is 0 Å². The molecular formula is C15H21NO2. The summed E-state index contributed by atoms with van der Waals surface area (Å²) in [7, 11) is 0. The molecule has 0 heterocycles. The molecular weight excluding hydrogens is 226 g/mol. The van der Waals surface area contributed by atoms with Gasteiger partial charge in [-0.25, -0.2) is 0 Å². The van der Waals surface area contributed by atoms with Gasteiger partial charge in [0.1, 0.15) is 0 Å². The molecule has 0 radical (unpaired) electrons. The number of hydrogen-bond donors (Lipinski definition) is 2. The van der Waals surface area contributed by atoms with Crippen molar-refractivity contribution in [2.75, 3.05) is 6.61 Å². The third-order valence-electron chi connectivity index (χ3n) is 2.93. The average molecular weight is 247 g/mol. The number of carbonyl (C=O) groups excluding carboxylic acids is 1. The van der Waals surface area contributed by atoms with Gasteiger partial charge in [-0.15, -0.1) is 0 Å². The molecule has 0 fully saturated rings. The van der Waals surface area contributed by atoms with Gasteiger partial charge in [-0.1, -0.05) is 38.1 Å². The Morgan fingerprint density at radius 2 is 2.06 bits per heavy atom. The molecule has 1 atom stereocenters. The lowest BCUT2D eigenvalue weighted by atomic mass is 10.1. The van der Waals surface area contributed by atoms with Gasteiger partial charge in [-0.2, -0.15) is 0 Å². The molecule has 3 nitrogen and oxygen atoms in total. The summed E-state index contributed by atoms with van der Waals surface area (Å²) in [5, 5.41) is 11.9. The van der Waals surface area contributed by atoms with Crippen molar-refractivity contribution in [2.24, 2.45) is 5.92 Å². The van der Waals surface area contributed by atoms with E-state index in [0.29, 0.717) is 0 Å². The first kappa shape index (κ1) is 14.5. The zero-order valence-electron chi connectivity index (χ0n) is 11.2. The van der Waals surface area contributed by atoms with Crippen LogP contribution in [0.2, 0.25) is 0 Å². The third-order valence-corrected chi connectivity index (χ3v) is 2.93. The highest BCUT2D eigenvalue weighted by atomic mass is 16.3. The highest BCUT2D eigenvalue weighted by Gasteiger charge is 2.13. The van der Waals surface area contributed by atoms with Gasteiger partial charge in [0.15, 0.2) is 0 Å². The van der Waals surface area contributed by atoms with E-state index in [1.54, 1.807) is 6.08 Å². The van der Waals surface area contributed by atoms with Gasteiger partial charge in [0.25, 0.3) is 0 Å². The van der Waals surface area contributed by atoms with E-state index in [1.165, 1.54) is 6.08 Å². The molecule has 2 N–H and O–H groups in total. The van der Waals surface area contributed by atoms with Crippen molar-refractivity contribution in [3.05, 3.63) is 41.5 Å². The SMILES string of the molecule is Cc1ccccc1C=CC(=O)N[C@H](CO)C(C)C. The van der Waals surface area contributed by atoms with E-state index < -0.39 is 0 Å². The fourth-order valence-corrected chi connectivity index (χ4v) is 1.59. The van der Waals surface area contributed by atoms with Crippen LogP contribution in [0.5, 0.6) is 0 Å². The number of aliphatic hydroxyl groups is 1. The molecule has 0 aliphatic carbocycles. The van der Waals surface area contributed by atoms with Crippen LogP contribution in [0.25, 0.3) is 6.08 Å². The predicted molar refractivity (Wildman–Crippen MR) is 74.1 cm³/mol. The molecule has 1 aromatic rings. The highest BCUT2D eigenvalue weighted by molar-refractivity contribution is 5.92. The van der Waals surface area contributed by atoms with E-state index in [0.717, 1.165) is 11.1 Å². The molecule has 1 aromatic carbocycles. The molecule has 0 saturated heterocycles. The molecule has 98 valence electrons. The number of benzene rings is 1. The Kier molecular flexibility index (Phi) is 5.59. The van der Waals surface area contributed by atoms with E-state index in [1.807, 2.05) is 45.0 Å². The highest BCUT2D eigenvalue weighted by Crippen LogP contribution is 2.08. The van der Waals surface area contributed by atoms with Crippen molar-refractivity contribution >= 4 is 12.0 Å². The number of aryl methyl sites for hydroxylation is 1. The maximum Gasteiger partial charge on any atom is 0.244 e. The van der Waals surface area contributed by atoms with Gasteiger partial charge in [-0.3, -0.25) is 4.79 Å². The van der Waals surface area contributed by atoms with Crippen molar-refractivity contribution in [1.82, 2.24) is 5.32 Å². The lowest BCUT2D eigenvalue weighted by Gasteiger charge is -2.18. The van der Waals surface area contributed by atoms with Gasteiger partial charge < -0.3 is 10.4 Å². The minimum Gasteiger partial charge on any atom is -0.394 e. The number of hydrogen-bond acceptors (Lipinski definition) is 2. The van der Waals surface area contributed by atoms with Gasteiger partial charge in [0.2, 0.25) is 5.91 Å². The van der Waals surface area contributed by atoms with Crippen LogP contribution < -0.4 is 5.32 Å². The Labute approximate surface area is 109 Å². The van der Waals surface area contributed by atoms with E-state index in [4.69, 9.17) is 5.11 Å². The van der Waals surface area contributed by atoms with Crippen LogP contribution in [0, 0.1) is 12.8 Å². The minimum absolute atomic E-state index is 0.0401. The Hall–Kier alpha value is -1.61. The fraction of sp³-hybridized carbons (Fsp3) is 0.400. The van der Waals surface area contributed by atoms with Crippen molar-refractivity contribution in [3.63, 3.8) is 0 Å². The second-order valence-corrected chi connectivity index (χ2v) is 4.73. The summed E-state index contributed by atoms with van der Waals surface area (Å²) in [6.45, 7) is 5.89. The van der Waals surface area contributed by atoms with E-state index >= 15 is 0 Å². The van der Waals surface area contributed by atoms with Crippen LogP contribution in [-0.4, -0.2) is 23.7 Å². The van der Waals surface area contributed by atoms with Crippen LogP contribution in [0.15, 0.2) is 30.3 Å². The monoisotopic (exact) mass is 247 g/mol. The van der Waals surface area contributed by atoms with Crippen LogP contribution in [0.1, 0.15) is 25.0 Å². The molecule has 1 rings (SSSR count). The van der Waals surface area contributed by atoms with Crippen molar-refractivity contribution in [3.8, 4) is 0 Å². The Bertz CT molecular complexity index is 424. The molecule has 0 aromatic heterocycles. The summed E-state index contributed by atoms with van der Waals surface area (Å²) in [6, 6.07) is 7.68. The first-order chi connectivity index (χ1) is 8.54. The van der Waals surface area contributed by atoms with Crippen LogP contribution >= 0.6 is 0 Å². The van der Waals surface area contributed by atoms with Crippen LogP contribution in [0.3, 0.4) is 0 Å². The normalized spacial score (nSPS) is 12.9. The number of carbonyl (C=O) groups is 1. The lowest BCUT2D eigenvalue weighted by Crippen LogP contribution is -2.40. The number of aliphatic hydroxyl groups excluding tert-OH is 1. The molecule has 0 spiro atoms. The fourth-order valence-electron chi connectivity index (χ4n) is 1.59. The standard InChI is InChI=1S/C15H21NO2/c1-11(2)14(10-17)16-15(18)9-8-13-7-5-4-6-12(13)3/h4-9,11,14,17H,10H2,1-3H3,(H,16,18)/t14-/m1/s1. The van der Waals surface area contributed by atoms with Gasteiger partial charge in [0, 0.05) is 6.08 Å². The zero-order valence-corrected chi connectivity index (χ0v) is 11.2. The number of amides is 1. The molecule has 18 heavy (non-hydrogen) atoms. The third kappa shape index (κ3) is 4.34. The molecule has 1 amide bonds. The largest absolute Gasteiger partial charge is 0.394 e. The van der Waals surface area contributed by atoms with Gasteiger partial charge in [0.05, 0.1) is 12.6 Å². The minimum atomic E-state index is -0.195. The molecule has 0 aliphatic rings. The van der Waals surface area contributed by atoms with Crippen LogP contribution in [-0.2, 0) is 4.79 Å². The summed E-state index contributed by atoms with van der Waals surface area (Å²) in [5.41, 5.74) is 2.15. The number of nitrogens with one attached hydrogen (secondary N) is 1. The molecule has 0 unspecified atom stereocenters. The Morgan fingerprint density at radius 1 is 1.39 bits per heavy atom. The van der Waals surface area contributed by atoms with Crippen molar-refractivity contribution in [1.29, 1.82) is 0 Å². The van der Waals surface area contributed by atoms with E-state index in [2.05, 4.69) is 5.32 Å². The summed E-state index contributed by atoms with van der Waals surface area (Å²) < 4.78 is 0. The maximum atomic E-state index is 11.7. The summed E-state index contributed by atoms with van der Waals surface area (Å²) in [6.07, 6.45) is 3.30. The average Bonchev–Trinajstić information content (AvgIpc) is 2.34. The topological polar surface area (TPSA) is 49.3 Å². The second-order valence-electron chi connectivity index (χ2n) is 4.73. The van der Waals surface area contributed by atoms with E-state index in [-0.39, 0.29) is 24.5 Å². The molecule has 0 bridgehead atoms. The van der Waals surface area contributed by atoms with Crippen molar-refractivity contribution < 1.29 is 9.90 Å². The van der Waals surface area contributed by atoms with Crippen molar-refractivity contribution in [2.45, 2.75) is 26.8 Å². The summed E-state index contributed by atoms with van der Waals surface area (Å²) >= 11 is 0. The van der Waals surface area contributed by atoms with Gasteiger partial charge in [-0.05, 0) is 30.0 Å². The predicted octanol–water partition coefficient (Wildman–Crippen LogP) is 2.14. The molecule has 3 heteroatoms. The lowest BCUT2D eigenvalue weighted by molar-refractivity contribution is -0.117. The Balaban J connectivity index is 2.62. The molecule has 0 saturated carbocycles. The second kappa shape index (κ2) is 6.97. The first-order valence-electron chi connectivity index (χ1n) is 6.19. The smallest absolute Gasteiger partial charge is 0.244 e. The number of rotatable bonds is 5. The molecule has 0 aliphatic heterocycles. The first-order valence-corrected chi connectivity index (χ1v) is 6.19. The summed E-state index contributed by atoms with van der Waals surface area (Å²) in [5.74, 6) is 0.0387.